The van der Waals surface area contributed by atoms with Gasteiger partial charge in [-0.3, -0.25) is 9.59 Å². The number of hydrogen-bond acceptors (Lipinski definition) is 3. The van der Waals surface area contributed by atoms with Crippen molar-refractivity contribution in [3.63, 3.8) is 0 Å². The summed E-state index contributed by atoms with van der Waals surface area (Å²) in [5.74, 6) is -1.38. The van der Waals surface area contributed by atoms with E-state index in [2.05, 4.69) is 15.6 Å². The number of fused-ring (bicyclic) bond motifs is 1. The Labute approximate surface area is 199 Å². The highest BCUT2D eigenvalue weighted by molar-refractivity contribution is 6.14. The molecule has 0 aliphatic rings. The van der Waals surface area contributed by atoms with Gasteiger partial charge in [0.25, 0.3) is 11.8 Å². The van der Waals surface area contributed by atoms with Gasteiger partial charge < -0.3 is 15.2 Å². The second kappa shape index (κ2) is 9.25. The van der Waals surface area contributed by atoms with Gasteiger partial charge in [-0.15, -0.1) is 0 Å². The Morgan fingerprint density at radius 2 is 1.66 bits per heavy atom. The van der Waals surface area contributed by atoms with Crippen LogP contribution in [-0.2, 0) is 12.7 Å². The molecule has 3 aromatic carbocycles. The first-order valence-electron chi connectivity index (χ1n) is 10.9. The maximum atomic E-state index is 13.4. The van der Waals surface area contributed by atoms with Crippen LogP contribution in [0.2, 0.25) is 0 Å². The molecule has 2 N–H and O–H groups in total. The monoisotopic (exact) mass is 480 g/mol. The fourth-order valence-corrected chi connectivity index (χ4v) is 3.86. The minimum atomic E-state index is -4.69. The zero-order chi connectivity index (χ0) is 25.3. The van der Waals surface area contributed by atoms with Gasteiger partial charge in [-0.2, -0.15) is 13.2 Å². The third-order valence-corrected chi connectivity index (χ3v) is 5.90. The van der Waals surface area contributed by atoms with E-state index in [0.29, 0.717) is 23.3 Å². The average molecular weight is 480 g/mol. The van der Waals surface area contributed by atoms with Crippen LogP contribution in [0, 0.1) is 13.8 Å². The van der Waals surface area contributed by atoms with Crippen molar-refractivity contribution in [2.45, 2.75) is 33.5 Å². The van der Waals surface area contributed by atoms with Gasteiger partial charge in [-0.1, -0.05) is 24.3 Å². The summed E-state index contributed by atoms with van der Waals surface area (Å²) in [6, 6.07) is 13.1. The third kappa shape index (κ3) is 4.75. The number of nitrogens with zero attached hydrogens (tertiary/aromatic N) is 2. The molecule has 4 rings (SSSR count). The number of hydrogen-bond donors (Lipinski definition) is 2. The Bertz CT molecular complexity index is 1440. The highest BCUT2D eigenvalue weighted by atomic mass is 19.4. The van der Waals surface area contributed by atoms with Gasteiger partial charge in [-0.05, 0) is 62.2 Å². The molecule has 1 aromatic heterocycles. The number of carbonyl (C=O) groups is 2. The molecule has 0 radical (unpaired) electrons. The number of alkyl halides is 3. The quantitative estimate of drug-likeness (QED) is 0.357. The molecule has 0 aliphatic heterocycles. The van der Waals surface area contributed by atoms with Crippen LogP contribution in [0.15, 0.2) is 60.9 Å². The van der Waals surface area contributed by atoms with Crippen molar-refractivity contribution in [1.29, 1.82) is 0 Å². The Hall–Kier alpha value is -4.14. The molecule has 0 saturated heterocycles. The summed E-state index contributed by atoms with van der Waals surface area (Å²) in [5, 5.41) is 5.40. The largest absolute Gasteiger partial charge is 0.417 e. The van der Waals surface area contributed by atoms with Crippen molar-refractivity contribution in [2.75, 3.05) is 10.6 Å². The Morgan fingerprint density at radius 1 is 0.943 bits per heavy atom. The Balaban J connectivity index is 1.74. The van der Waals surface area contributed by atoms with Crippen LogP contribution < -0.4 is 10.6 Å². The molecule has 0 spiro atoms. The van der Waals surface area contributed by atoms with Crippen molar-refractivity contribution in [1.82, 2.24) is 9.55 Å². The fourth-order valence-electron chi connectivity index (χ4n) is 3.86. The van der Waals surface area contributed by atoms with E-state index in [1.807, 2.05) is 32.9 Å². The fraction of sp³-hybridized carbons (Fsp3) is 0.192. The molecule has 6 nitrogen and oxygen atoms in total. The molecule has 9 heteroatoms. The van der Waals surface area contributed by atoms with E-state index in [1.165, 1.54) is 18.2 Å². The molecule has 0 saturated carbocycles. The summed E-state index contributed by atoms with van der Waals surface area (Å²) in [4.78, 5) is 30.4. The van der Waals surface area contributed by atoms with Crippen molar-refractivity contribution >= 4 is 34.2 Å². The highest BCUT2D eigenvalue weighted by Gasteiger charge is 2.35. The zero-order valence-electron chi connectivity index (χ0n) is 19.3. The minimum absolute atomic E-state index is 0.181. The summed E-state index contributed by atoms with van der Waals surface area (Å²) in [5.41, 5.74) is 2.36. The molecule has 35 heavy (non-hydrogen) atoms. The van der Waals surface area contributed by atoms with Crippen LogP contribution in [-0.4, -0.2) is 21.4 Å². The van der Waals surface area contributed by atoms with Gasteiger partial charge >= 0.3 is 6.18 Å². The summed E-state index contributed by atoms with van der Waals surface area (Å²) < 4.78 is 42.0. The molecule has 2 amide bonds. The van der Waals surface area contributed by atoms with Gasteiger partial charge in [-0.25, -0.2) is 4.98 Å². The molecule has 0 unspecified atom stereocenters. The summed E-state index contributed by atoms with van der Waals surface area (Å²) in [7, 11) is 0. The Kier molecular flexibility index (Phi) is 6.34. The number of nitrogens with one attached hydrogen (secondary N) is 2. The summed E-state index contributed by atoms with van der Waals surface area (Å²) in [6.45, 7) is 6.26. The van der Waals surface area contributed by atoms with Crippen molar-refractivity contribution < 1.29 is 22.8 Å². The van der Waals surface area contributed by atoms with Crippen molar-refractivity contribution in [3.8, 4) is 0 Å². The maximum Gasteiger partial charge on any atom is 0.417 e. The number of carbonyl (C=O) groups excluding carboxylic acids is 2. The van der Waals surface area contributed by atoms with Crippen LogP contribution >= 0.6 is 0 Å². The van der Waals surface area contributed by atoms with Crippen LogP contribution in [0.3, 0.4) is 0 Å². The highest BCUT2D eigenvalue weighted by Crippen LogP contribution is 2.33. The first kappa shape index (κ1) is 24.0. The van der Waals surface area contributed by atoms with Crippen LogP contribution in [0.25, 0.3) is 11.0 Å². The number of benzene rings is 3. The van der Waals surface area contributed by atoms with Gasteiger partial charge in [0.2, 0.25) is 0 Å². The maximum absolute atomic E-state index is 13.4. The smallest absolute Gasteiger partial charge is 0.331 e. The third-order valence-electron chi connectivity index (χ3n) is 5.90. The Morgan fingerprint density at radius 3 is 2.37 bits per heavy atom. The predicted octanol–water partition coefficient (Wildman–Crippen LogP) is 6.20. The van der Waals surface area contributed by atoms with Gasteiger partial charge in [0.15, 0.2) is 0 Å². The molecule has 0 atom stereocenters. The lowest BCUT2D eigenvalue weighted by Crippen LogP contribution is -2.19. The van der Waals surface area contributed by atoms with Crippen LogP contribution in [0.5, 0.6) is 0 Å². The number of halogens is 3. The van der Waals surface area contributed by atoms with Crippen molar-refractivity contribution in [2.24, 2.45) is 0 Å². The van der Waals surface area contributed by atoms with Gasteiger partial charge in [0.1, 0.15) is 5.52 Å². The normalized spacial score (nSPS) is 11.5. The summed E-state index contributed by atoms with van der Waals surface area (Å²) >= 11 is 0. The van der Waals surface area contributed by atoms with Crippen LogP contribution in [0.4, 0.5) is 24.5 Å². The summed E-state index contributed by atoms with van der Waals surface area (Å²) in [6.07, 6.45) is -3.11. The standard InChI is InChI=1S/C26H23F3N4O2/c1-4-33-14-30-23-19(25(35)32-21-11-7-8-15(2)16(21)3)12-17(13-22(23)33)31-24(34)18-9-5-6-10-20(18)26(27,28)29/h5-14H,4H2,1-3H3,(H,31,34)(H,32,35). The zero-order valence-corrected chi connectivity index (χ0v) is 19.3. The van der Waals surface area contributed by atoms with Crippen molar-refractivity contribution in [3.05, 3.63) is 88.7 Å². The van der Waals surface area contributed by atoms with Crippen LogP contribution in [0.1, 0.15) is 44.3 Å². The molecular formula is C26H23F3N4O2. The average Bonchev–Trinajstić information content (AvgIpc) is 3.24. The number of rotatable bonds is 5. The molecule has 0 aliphatic carbocycles. The number of amides is 2. The lowest BCUT2D eigenvalue weighted by Gasteiger charge is -2.14. The van der Waals surface area contributed by atoms with E-state index in [4.69, 9.17) is 0 Å². The lowest BCUT2D eigenvalue weighted by atomic mass is 10.1. The topological polar surface area (TPSA) is 76.0 Å². The number of aryl methyl sites for hydroxylation is 2. The molecule has 180 valence electrons. The van der Waals surface area contributed by atoms with Gasteiger partial charge in [0, 0.05) is 17.9 Å². The SMILES string of the molecule is CCn1cnc2c(C(=O)Nc3cccc(C)c3C)cc(NC(=O)c3ccccc3C(F)(F)F)cc21. The first-order chi connectivity index (χ1) is 16.6. The van der Waals surface area contributed by atoms with E-state index in [9.17, 15) is 22.8 Å². The molecule has 0 fully saturated rings. The molecule has 0 bridgehead atoms. The number of aromatic nitrogens is 2. The van der Waals surface area contributed by atoms with E-state index >= 15 is 0 Å². The van der Waals surface area contributed by atoms with E-state index < -0.39 is 29.1 Å². The number of imidazole rings is 1. The van der Waals surface area contributed by atoms with E-state index in [0.717, 1.165) is 23.3 Å². The molecule has 4 aromatic rings. The second-order valence-electron chi connectivity index (χ2n) is 8.12. The van der Waals surface area contributed by atoms with E-state index in [-0.39, 0.29) is 11.3 Å². The minimum Gasteiger partial charge on any atom is -0.331 e. The van der Waals surface area contributed by atoms with Gasteiger partial charge in [0.05, 0.1) is 28.5 Å². The molecular weight excluding hydrogens is 457 g/mol. The number of anilines is 2. The molecule has 1 heterocycles. The lowest BCUT2D eigenvalue weighted by molar-refractivity contribution is -0.137. The first-order valence-corrected chi connectivity index (χ1v) is 10.9. The predicted molar refractivity (Wildman–Crippen MR) is 129 cm³/mol. The second-order valence-corrected chi connectivity index (χ2v) is 8.12. The van der Waals surface area contributed by atoms with E-state index in [1.54, 1.807) is 23.0 Å².